The SMILES string of the molecule is CC#CP(=O)(C#CC)N(C)C. The Morgan fingerprint density at radius 3 is 1.64 bits per heavy atom. The van der Waals surface area contributed by atoms with E-state index in [1.807, 2.05) is 0 Å². The fourth-order valence-electron chi connectivity index (χ4n) is 0.531. The van der Waals surface area contributed by atoms with Crippen molar-refractivity contribution in [2.45, 2.75) is 13.8 Å². The first-order chi connectivity index (χ1) is 5.06. The van der Waals surface area contributed by atoms with E-state index in [2.05, 4.69) is 23.2 Å². The maximum absolute atomic E-state index is 11.7. The van der Waals surface area contributed by atoms with Crippen LogP contribution >= 0.6 is 7.29 Å². The minimum Gasteiger partial charge on any atom is -0.278 e. The second kappa shape index (κ2) is 4.24. The number of hydrogen-bond donors (Lipinski definition) is 0. The fraction of sp³-hybridized carbons (Fsp3) is 0.500. The van der Waals surface area contributed by atoms with Crippen molar-refractivity contribution in [3.63, 3.8) is 0 Å². The zero-order valence-corrected chi connectivity index (χ0v) is 8.20. The van der Waals surface area contributed by atoms with Gasteiger partial charge in [0.2, 0.25) is 0 Å². The summed E-state index contributed by atoms with van der Waals surface area (Å²) in [5.41, 5.74) is 5.23. The highest BCUT2D eigenvalue weighted by Crippen LogP contribution is 2.44. The number of nitrogens with zero attached hydrogens (tertiary/aromatic N) is 1. The van der Waals surface area contributed by atoms with Gasteiger partial charge < -0.3 is 0 Å². The first-order valence-corrected chi connectivity index (χ1v) is 4.88. The molecule has 0 aliphatic heterocycles. The molecule has 60 valence electrons. The lowest BCUT2D eigenvalue weighted by Gasteiger charge is -2.12. The highest BCUT2D eigenvalue weighted by molar-refractivity contribution is 7.71. The third kappa shape index (κ3) is 2.81. The summed E-state index contributed by atoms with van der Waals surface area (Å²) in [6, 6.07) is 0. The van der Waals surface area contributed by atoms with Gasteiger partial charge in [-0.15, -0.1) is 0 Å². The van der Waals surface area contributed by atoms with Gasteiger partial charge in [-0.2, -0.15) is 0 Å². The van der Waals surface area contributed by atoms with Gasteiger partial charge in [0.1, 0.15) is 0 Å². The first kappa shape index (κ1) is 10.3. The van der Waals surface area contributed by atoms with Crippen LogP contribution in [0.3, 0.4) is 0 Å². The van der Waals surface area contributed by atoms with Crippen molar-refractivity contribution < 1.29 is 4.57 Å². The zero-order valence-electron chi connectivity index (χ0n) is 7.30. The molecule has 0 saturated carbocycles. The summed E-state index contributed by atoms with van der Waals surface area (Å²) in [7, 11) is 0.755. The Morgan fingerprint density at radius 2 is 1.45 bits per heavy atom. The third-order valence-corrected chi connectivity index (χ3v) is 3.27. The van der Waals surface area contributed by atoms with E-state index in [0.29, 0.717) is 0 Å². The summed E-state index contributed by atoms with van der Waals surface area (Å²) in [4.78, 5) is 0. The maximum Gasteiger partial charge on any atom is 0.288 e. The predicted molar refractivity (Wildman–Crippen MR) is 48.2 cm³/mol. The van der Waals surface area contributed by atoms with Gasteiger partial charge in [-0.1, -0.05) is 11.8 Å². The van der Waals surface area contributed by atoms with Gasteiger partial charge in [-0.05, 0) is 39.3 Å². The molecule has 0 bridgehead atoms. The quantitative estimate of drug-likeness (QED) is 0.440. The molecule has 0 radical (unpaired) electrons. The smallest absolute Gasteiger partial charge is 0.278 e. The van der Waals surface area contributed by atoms with Gasteiger partial charge in [-0.3, -0.25) is 4.57 Å². The van der Waals surface area contributed by atoms with E-state index in [9.17, 15) is 4.57 Å². The maximum atomic E-state index is 11.7. The van der Waals surface area contributed by atoms with Crippen molar-refractivity contribution >= 4 is 7.29 Å². The molecule has 11 heavy (non-hydrogen) atoms. The van der Waals surface area contributed by atoms with E-state index in [-0.39, 0.29) is 0 Å². The molecule has 0 saturated heterocycles. The molecule has 0 aliphatic carbocycles. The minimum atomic E-state index is -2.68. The molecule has 0 N–H and O–H groups in total. The lowest BCUT2D eigenvalue weighted by atomic mass is 10.8. The van der Waals surface area contributed by atoms with Crippen LogP contribution in [0, 0.1) is 23.2 Å². The summed E-state index contributed by atoms with van der Waals surface area (Å²) >= 11 is 0. The van der Waals surface area contributed by atoms with Crippen LogP contribution in [-0.2, 0) is 4.57 Å². The molecule has 2 nitrogen and oxygen atoms in total. The molecule has 0 unspecified atom stereocenters. The Morgan fingerprint density at radius 1 is 1.09 bits per heavy atom. The molecule has 0 aromatic heterocycles. The fourth-order valence-corrected chi connectivity index (χ4v) is 1.59. The average molecular weight is 169 g/mol. The van der Waals surface area contributed by atoms with Crippen LogP contribution in [0.15, 0.2) is 0 Å². The van der Waals surface area contributed by atoms with Crippen LogP contribution < -0.4 is 0 Å². The second-order valence-electron chi connectivity index (χ2n) is 2.15. The van der Waals surface area contributed by atoms with Crippen LogP contribution in [0.1, 0.15) is 13.8 Å². The molecule has 0 aliphatic rings. The second-order valence-corrected chi connectivity index (χ2v) is 4.55. The molecule has 0 atom stereocenters. The van der Waals surface area contributed by atoms with Gasteiger partial charge in [0.15, 0.2) is 0 Å². The molecule has 0 rings (SSSR count). The molecule has 0 aromatic rings. The Kier molecular flexibility index (Phi) is 3.98. The van der Waals surface area contributed by atoms with E-state index >= 15 is 0 Å². The highest BCUT2D eigenvalue weighted by atomic mass is 31.2. The van der Waals surface area contributed by atoms with Gasteiger partial charge in [-0.25, -0.2) is 4.67 Å². The predicted octanol–water partition coefficient (Wildman–Crippen LogP) is 1.79. The van der Waals surface area contributed by atoms with Crippen molar-refractivity contribution in [2.75, 3.05) is 14.1 Å². The molecule has 0 heterocycles. The molecule has 0 aromatic carbocycles. The Balaban J connectivity index is 4.89. The largest absolute Gasteiger partial charge is 0.288 e. The van der Waals surface area contributed by atoms with Gasteiger partial charge >= 0.3 is 0 Å². The normalized spacial score (nSPS) is 9.55. The van der Waals surface area contributed by atoms with Crippen molar-refractivity contribution in [3.8, 4) is 23.2 Å². The van der Waals surface area contributed by atoms with E-state index in [0.717, 1.165) is 0 Å². The Labute approximate surface area is 68.4 Å². The minimum absolute atomic E-state index is 1.57. The van der Waals surface area contributed by atoms with Crippen LogP contribution in [0.25, 0.3) is 0 Å². The first-order valence-electron chi connectivity index (χ1n) is 3.22. The average Bonchev–Trinajstić information content (AvgIpc) is 1.88. The lowest BCUT2D eigenvalue weighted by Crippen LogP contribution is -2.04. The number of rotatable bonds is 1. The van der Waals surface area contributed by atoms with Gasteiger partial charge in [0.05, 0.1) is 0 Å². The summed E-state index contributed by atoms with van der Waals surface area (Å²) in [6.07, 6.45) is 0. The van der Waals surface area contributed by atoms with Crippen molar-refractivity contribution in [1.82, 2.24) is 4.67 Å². The molecule has 0 spiro atoms. The summed E-state index contributed by atoms with van der Waals surface area (Å²) in [6.45, 7) is 3.32. The van der Waals surface area contributed by atoms with Crippen LogP contribution in [0.4, 0.5) is 0 Å². The van der Waals surface area contributed by atoms with Crippen LogP contribution in [-0.4, -0.2) is 18.8 Å². The third-order valence-electron chi connectivity index (χ3n) is 1.09. The van der Waals surface area contributed by atoms with Crippen molar-refractivity contribution in [2.24, 2.45) is 0 Å². The zero-order chi connectivity index (χ0) is 8.91. The molecule has 0 amide bonds. The lowest BCUT2D eigenvalue weighted by molar-refractivity contribution is 0.535. The summed E-state index contributed by atoms with van der Waals surface area (Å²) in [5.74, 6) is 5.23. The van der Waals surface area contributed by atoms with E-state index < -0.39 is 7.29 Å². The van der Waals surface area contributed by atoms with Crippen molar-refractivity contribution in [3.05, 3.63) is 0 Å². The van der Waals surface area contributed by atoms with Gasteiger partial charge in [0.25, 0.3) is 7.29 Å². The molecular weight excluding hydrogens is 157 g/mol. The van der Waals surface area contributed by atoms with E-state index in [1.165, 1.54) is 0 Å². The monoisotopic (exact) mass is 169 g/mol. The Hall–Kier alpha value is -0.690. The summed E-state index contributed by atoms with van der Waals surface area (Å²) < 4.78 is 13.3. The molecule has 0 fully saturated rings. The van der Waals surface area contributed by atoms with Crippen LogP contribution in [0.5, 0.6) is 0 Å². The topological polar surface area (TPSA) is 20.3 Å². The Bertz CT molecular complexity index is 261. The van der Waals surface area contributed by atoms with E-state index in [4.69, 9.17) is 0 Å². The highest BCUT2D eigenvalue weighted by Gasteiger charge is 2.17. The standard InChI is InChI=1S/C8H12NOP/c1-5-7-11(10,8-6-2)9(3)4/h1-4H3. The molecule has 3 heteroatoms. The number of hydrogen-bond acceptors (Lipinski definition) is 1. The van der Waals surface area contributed by atoms with E-state index in [1.54, 1.807) is 32.6 Å². The summed E-state index contributed by atoms with van der Waals surface area (Å²) in [5, 5.41) is 0. The van der Waals surface area contributed by atoms with Crippen molar-refractivity contribution in [1.29, 1.82) is 0 Å². The molecular formula is C8H12NOP. The van der Waals surface area contributed by atoms with Gasteiger partial charge in [0, 0.05) is 0 Å². The van der Waals surface area contributed by atoms with Crippen LogP contribution in [0.2, 0.25) is 0 Å².